The summed E-state index contributed by atoms with van der Waals surface area (Å²) in [6.07, 6.45) is 4.58. The number of aromatic nitrogens is 2. The van der Waals surface area contributed by atoms with Crippen molar-refractivity contribution in [3.8, 4) is 0 Å². The molecule has 0 saturated carbocycles. The smallest absolute Gasteiger partial charge is 0.412 e. The number of halogens is 1. The van der Waals surface area contributed by atoms with Crippen molar-refractivity contribution in [2.24, 2.45) is 0 Å². The molecule has 4 aromatic rings. The van der Waals surface area contributed by atoms with Crippen molar-refractivity contribution >= 4 is 51.2 Å². The Morgan fingerprint density at radius 2 is 1.82 bits per heavy atom. The largest absolute Gasteiger partial charge is 0.465 e. The van der Waals surface area contributed by atoms with E-state index in [1.165, 1.54) is 23.4 Å². The standard InChI is InChI=1S/C39H47FN6O5/c1-5-50-37(48)33-24-46(34(47)15-10-18-41-36-28-11-6-8-13-30(28)43-31-14-9-7-12-29(31)36)20-19-45(33)23-27-17-16-25-21-26(40)22-32(35(25)42-27)44-38(49)51-39(2,3)4/h6,8,11,13,16-17,21-22,33H,5,7,9-10,12,14-15,18-20,23-24H2,1-4H3,(H,41,43)(H,44,49). The Bertz CT molecular complexity index is 1930. The third-order valence-corrected chi connectivity index (χ3v) is 9.26. The Hall–Kier alpha value is -4.84. The summed E-state index contributed by atoms with van der Waals surface area (Å²) >= 11 is 0. The van der Waals surface area contributed by atoms with Crippen LogP contribution in [0.3, 0.4) is 0 Å². The number of nitrogens with one attached hydrogen (secondary N) is 2. The van der Waals surface area contributed by atoms with Gasteiger partial charge in [0.2, 0.25) is 5.91 Å². The van der Waals surface area contributed by atoms with E-state index in [1.54, 1.807) is 44.7 Å². The van der Waals surface area contributed by atoms with Crippen molar-refractivity contribution in [2.75, 3.05) is 43.4 Å². The molecular weight excluding hydrogens is 651 g/mol. The van der Waals surface area contributed by atoms with Crippen molar-refractivity contribution < 1.29 is 28.2 Å². The third kappa shape index (κ3) is 8.73. The molecule has 2 N–H and O–H groups in total. The molecule has 1 fully saturated rings. The number of anilines is 2. The second-order valence-electron chi connectivity index (χ2n) is 14.2. The Balaban J connectivity index is 1.10. The second kappa shape index (κ2) is 15.6. The molecule has 0 radical (unpaired) electrons. The van der Waals surface area contributed by atoms with Crippen LogP contribution in [0.15, 0.2) is 48.5 Å². The fraction of sp³-hybridized carbons (Fsp3) is 0.462. The number of pyridine rings is 2. The van der Waals surface area contributed by atoms with E-state index in [9.17, 15) is 18.8 Å². The Kier molecular flexibility index (Phi) is 11.0. The van der Waals surface area contributed by atoms with E-state index in [1.807, 2.05) is 17.0 Å². The number of ether oxygens (including phenoxy) is 2. The van der Waals surface area contributed by atoms with Gasteiger partial charge in [-0.15, -0.1) is 0 Å². The lowest BCUT2D eigenvalue weighted by Crippen LogP contribution is -2.57. The molecule has 1 aliphatic heterocycles. The average molecular weight is 699 g/mol. The number of carbonyl (C=O) groups excluding carboxylic acids is 3. The van der Waals surface area contributed by atoms with Gasteiger partial charge in [-0.05, 0) is 89.6 Å². The number of amides is 2. The lowest BCUT2D eigenvalue weighted by Gasteiger charge is -2.40. The molecule has 6 rings (SSSR count). The minimum absolute atomic E-state index is 0.00363. The number of fused-ring (bicyclic) bond motifs is 3. The number of esters is 1. The van der Waals surface area contributed by atoms with Crippen LogP contribution in [0.25, 0.3) is 21.8 Å². The molecule has 2 aromatic heterocycles. The van der Waals surface area contributed by atoms with Crippen LogP contribution in [-0.4, -0.2) is 82.2 Å². The van der Waals surface area contributed by atoms with Crippen molar-refractivity contribution in [3.05, 3.63) is 71.3 Å². The van der Waals surface area contributed by atoms with E-state index in [0.29, 0.717) is 55.6 Å². The molecule has 2 amide bonds. The molecule has 2 aromatic carbocycles. The van der Waals surface area contributed by atoms with E-state index >= 15 is 0 Å². The zero-order valence-electron chi connectivity index (χ0n) is 29.9. The molecule has 1 atom stereocenters. The van der Waals surface area contributed by atoms with Gasteiger partial charge in [-0.3, -0.25) is 24.8 Å². The van der Waals surface area contributed by atoms with Crippen LogP contribution < -0.4 is 10.6 Å². The summed E-state index contributed by atoms with van der Waals surface area (Å²) in [5, 5.41) is 7.89. The highest BCUT2D eigenvalue weighted by atomic mass is 19.1. The Morgan fingerprint density at radius 3 is 2.63 bits per heavy atom. The van der Waals surface area contributed by atoms with Crippen LogP contribution in [0.1, 0.15) is 70.3 Å². The van der Waals surface area contributed by atoms with Crippen LogP contribution >= 0.6 is 0 Å². The van der Waals surface area contributed by atoms with Crippen LogP contribution in [-0.2, 0) is 38.4 Å². The normalized spacial score (nSPS) is 16.5. The van der Waals surface area contributed by atoms with Gasteiger partial charge < -0.3 is 19.7 Å². The highest BCUT2D eigenvalue weighted by molar-refractivity contribution is 5.98. The monoisotopic (exact) mass is 698 g/mol. The van der Waals surface area contributed by atoms with Crippen LogP contribution in [0.4, 0.5) is 20.6 Å². The summed E-state index contributed by atoms with van der Waals surface area (Å²) in [6, 6.07) is 13.6. The average Bonchev–Trinajstić information content (AvgIpc) is 3.09. The van der Waals surface area contributed by atoms with E-state index in [0.717, 1.165) is 42.3 Å². The molecule has 0 spiro atoms. The van der Waals surface area contributed by atoms with E-state index in [2.05, 4.69) is 22.8 Å². The lowest BCUT2D eigenvalue weighted by molar-refractivity contribution is -0.154. The van der Waals surface area contributed by atoms with E-state index in [-0.39, 0.29) is 24.7 Å². The minimum atomic E-state index is -0.733. The number of hydrogen-bond acceptors (Lipinski definition) is 9. The van der Waals surface area contributed by atoms with Crippen molar-refractivity contribution in [3.63, 3.8) is 0 Å². The van der Waals surface area contributed by atoms with Gasteiger partial charge >= 0.3 is 12.1 Å². The number of carbonyl (C=O) groups is 3. The first kappa shape index (κ1) is 36.0. The van der Waals surface area contributed by atoms with Gasteiger partial charge in [-0.1, -0.05) is 24.3 Å². The van der Waals surface area contributed by atoms with Gasteiger partial charge in [0.15, 0.2) is 0 Å². The quantitative estimate of drug-likeness (QED) is 0.139. The fourth-order valence-electron chi connectivity index (χ4n) is 6.93. The minimum Gasteiger partial charge on any atom is -0.465 e. The molecule has 51 heavy (non-hydrogen) atoms. The van der Waals surface area contributed by atoms with Crippen LogP contribution in [0.5, 0.6) is 0 Å². The summed E-state index contributed by atoms with van der Waals surface area (Å²) < 4.78 is 25.2. The first-order valence-electron chi connectivity index (χ1n) is 17.9. The maximum absolute atomic E-state index is 14.4. The molecule has 3 heterocycles. The molecule has 12 heteroatoms. The molecule has 11 nitrogen and oxygen atoms in total. The molecular formula is C39H47FN6O5. The zero-order valence-corrected chi connectivity index (χ0v) is 29.9. The Morgan fingerprint density at radius 1 is 1.02 bits per heavy atom. The number of piperazine rings is 1. The van der Waals surface area contributed by atoms with Gasteiger partial charge in [0.1, 0.15) is 17.5 Å². The topological polar surface area (TPSA) is 126 Å². The van der Waals surface area contributed by atoms with Gasteiger partial charge in [0, 0.05) is 61.3 Å². The number of nitrogens with zero attached hydrogens (tertiary/aromatic N) is 4. The van der Waals surface area contributed by atoms with Gasteiger partial charge in [0.25, 0.3) is 0 Å². The molecule has 0 bridgehead atoms. The fourth-order valence-corrected chi connectivity index (χ4v) is 6.93. The first-order chi connectivity index (χ1) is 24.5. The van der Waals surface area contributed by atoms with E-state index in [4.69, 9.17) is 19.4 Å². The SMILES string of the molecule is CCOC(=O)C1CN(C(=O)CCCNc2c3c(nc4ccccc24)CCCC3)CCN1Cc1ccc2cc(F)cc(NC(=O)OC(C)(C)C)c2n1. The summed E-state index contributed by atoms with van der Waals surface area (Å²) in [5.74, 6) is -0.927. The summed E-state index contributed by atoms with van der Waals surface area (Å²) in [5.41, 5.74) is 5.07. The predicted octanol–water partition coefficient (Wildman–Crippen LogP) is 6.62. The molecule has 1 unspecified atom stereocenters. The molecule has 270 valence electrons. The second-order valence-corrected chi connectivity index (χ2v) is 14.2. The number of para-hydroxylation sites is 1. The number of hydrogen-bond donors (Lipinski definition) is 2. The predicted molar refractivity (Wildman–Crippen MR) is 195 cm³/mol. The lowest BCUT2D eigenvalue weighted by atomic mass is 9.92. The number of aryl methyl sites for hydroxylation is 1. The summed E-state index contributed by atoms with van der Waals surface area (Å²) in [4.78, 5) is 52.6. The molecule has 1 aliphatic carbocycles. The maximum atomic E-state index is 14.4. The highest BCUT2D eigenvalue weighted by Crippen LogP contribution is 2.33. The maximum Gasteiger partial charge on any atom is 0.412 e. The molecule has 2 aliphatic rings. The molecule has 1 saturated heterocycles. The van der Waals surface area contributed by atoms with Gasteiger partial charge in [-0.2, -0.15) is 0 Å². The van der Waals surface area contributed by atoms with Crippen LogP contribution in [0, 0.1) is 5.82 Å². The number of rotatable bonds is 10. The van der Waals surface area contributed by atoms with Crippen LogP contribution in [0.2, 0.25) is 0 Å². The van der Waals surface area contributed by atoms with Crippen molar-refractivity contribution in [1.29, 1.82) is 0 Å². The summed E-state index contributed by atoms with van der Waals surface area (Å²) in [6.45, 7) is 9.25. The Labute approximate surface area is 297 Å². The van der Waals surface area contributed by atoms with Crippen molar-refractivity contribution in [1.82, 2.24) is 19.8 Å². The first-order valence-corrected chi connectivity index (χ1v) is 17.9. The van der Waals surface area contributed by atoms with E-state index < -0.39 is 29.5 Å². The van der Waals surface area contributed by atoms with Crippen molar-refractivity contribution in [2.45, 2.75) is 84.4 Å². The summed E-state index contributed by atoms with van der Waals surface area (Å²) in [7, 11) is 0. The highest BCUT2D eigenvalue weighted by Gasteiger charge is 2.35. The number of benzene rings is 2. The van der Waals surface area contributed by atoms with Gasteiger partial charge in [0.05, 0.1) is 29.0 Å². The third-order valence-electron chi connectivity index (χ3n) is 9.26. The zero-order chi connectivity index (χ0) is 36.1. The van der Waals surface area contributed by atoms with Gasteiger partial charge in [-0.25, -0.2) is 14.2 Å².